The van der Waals surface area contributed by atoms with Crippen LogP contribution in [0.1, 0.15) is 49.9 Å². The Morgan fingerprint density at radius 3 is 1.93 bits per heavy atom. The molecule has 0 spiro atoms. The van der Waals surface area contributed by atoms with Gasteiger partial charge in [-0.05, 0) is 54.4 Å². The number of aryl methyl sites for hydroxylation is 1. The highest BCUT2D eigenvalue weighted by Gasteiger charge is 2.27. The summed E-state index contributed by atoms with van der Waals surface area (Å²) in [5, 5.41) is 0. The van der Waals surface area contributed by atoms with Gasteiger partial charge in [0.1, 0.15) is 0 Å². The number of hydrogen-bond acceptors (Lipinski definition) is 0. The fourth-order valence-electron chi connectivity index (χ4n) is 1.90. The zero-order valence-electron chi connectivity index (χ0n) is 11.2. The Hall–Kier alpha value is -0.780. The maximum absolute atomic E-state index is 2.30. The predicted octanol–water partition coefficient (Wildman–Crippen LogP) is 4.50. The minimum absolute atomic E-state index is 0.183. The summed E-state index contributed by atoms with van der Waals surface area (Å²) in [6.45, 7) is 15.7. The molecule has 0 bridgehead atoms. The minimum atomic E-state index is 0.183. The third kappa shape index (κ3) is 2.09. The van der Waals surface area contributed by atoms with Crippen molar-refractivity contribution in [1.82, 2.24) is 0 Å². The lowest BCUT2D eigenvalue weighted by atomic mass is 9.72. The largest absolute Gasteiger partial charge is 0.0587 e. The van der Waals surface area contributed by atoms with Gasteiger partial charge in [-0.15, -0.1) is 0 Å². The first-order valence-corrected chi connectivity index (χ1v) is 5.66. The summed E-state index contributed by atoms with van der Waals surface area (Å²) >= 11 is 0. The molecule has 0 atom stereocenters. The molecule has 0 N–H and O–H groups in total. The molecule has 1 aromatic carbocycles. The second kappa shape index (κ2) is 4.00. The van der Waals surface area contributed by atoms with Gasteiger partial charge >= 0.3 is 0 Å². The van der Waals surface area contributed by atoms with Crippen LogP contribution >= 0.6 is 0 Å². The van der Waals surface area contributed by atoms with Crippen molar-refractivity contribution >= 4 is 0 Å². The molecule has 0 fully saturated rings. The van der Waals surface area contributed by atoms with Gasteiger partial charge in [0.2, 0.25) is 0 Å². The van der Waals surface area contributed by atoms with Gasteiger partial charge in [0.25, 0.3) is 0 Å². The highest BCUT2D eigenvalue weighted by molar-refractivity contribution is 5.44. The van der Waals surface area contributed by atoms with Crippen LogP contribution in [0.15, 0.2) is 12.1 Å². The smallest absolute Gasteiger partial charge is 0.00443 e. The van der Waals surface area contributed by atoms with Crippen LogP contribution in [0.5, 0.6) is 0 Å². The van der Waals surface area contributed by atoms with E-state index in [1.54, 1.807) is 0 Å². The van der Waals surface area contributed by atoms with E-state index < -0.39 is 0 Å². The van der Waals surface area contributed by atoms with Crippen molar-refractivity contribution in [3.63, 3.8) is 0 Å². The van der Waals surface area contributed by atoms with Gasteiger partial charge in [0, 0.05) is 0 Å². The Balaban J connectivity index is 3.34. The molecule has 0 saturated carbocycles. The summed E-state index contributed by atoms with van der Waals surface area (Å²) in [6.07, 6.45) is 0. The first kappa shape index (κ1) is 12.3. The SMILES string of the molecule is C[C](C)C(C)(C)c1ccc(C)c(C)c1C. The van der Waals surface area contributed by atoms with E-state index in [0.29, 0.717) is 0 Å². The average molecular weight is 203 g/mol. The van der Waals surface area contributed by atoms with E-state index in [2.05, 4.69) is 60.6 Å². The lowest BCUT2D eigenvalue weighted by Crippen LogP contribution is -2.24. The van der Waals surface area contributed by atoms with Crippen molar-refractivity contribution in [2.75, 3.05) is 0 Å². The lowest BCUT2D eigenvalue weighted by molar-refractivity contribution is 0.543. The minimum Gasteiger partial charge on any atom is -0.0587 e. The monoisotopic (exact) mass is 203 g/mol. The molecule has 0 heteroatoms. The van der Waals surface area contributed by atoms with Gasteiger partial charge in [-0.2, -0.15) is 0 Å². The van der Waals surface area contributed by atoms with Gasteiger partial charge < -0.3 is 0 Å². The quantitative estimate of drug-likeness (QED) is 0.663. The Morgan fingerprint density at radius 1 is 0.933 bits per heavy atom. The van der Waals surface area contributed by atoms with E-state index in [1.165, 1.54) is 28.2 Å². The summed E-state index contributed by atoms with van der Waals surface area (Å²) in [4.78, 5) is 0. The summed E-state index contributed by atoms with van der Waals surface area (Å²) in [7, 11) is 0. The van der Waals surface area contributed by atoms with Crippen LogP contribution < -0.4 is 0 Å². The molecule has 0 saturated heterocycles. The number of rotatable bonds is 2. The summed E-state index contributed by atoms with van der Waals surface area (Å²) in [5.74, 6) is 1.47. The second-order valence-corrected chi connectivity index (χ2v) is 5.31. The highest BCUT2D eigenvalue weighted by Crippen LogP contribution is 2.36. The molecule has 0 aliphatic heterocycles. The Morgan fingerprint density at radius 2 is 1.47 bits per heavy atom. The van der Waals surface area contributed by atoms with Crippen molar-refractivity contribution in [3.05, 3.63) is 40.3 Å². The Kier molecular flexibility index (Phi) is 3.28. The first-order chi connectivity index (χ1) is 6.78. The summed E-state index contributed by atoms with van der Waals surface area (Å²) < 4.78 is 0. The second-order valence-electron chi connectivity index (χ2n) is 5.31. The lowest BCUT2D eigenvalue weighted by Gasteiger charge is -2.32. The van der Waals surface area contributed by atoms with Crippen LogP contribution in [0.25, 0.3) is 0 Å². The average Bonchev–Trinajstić information content (AvgIpc) is 2.13. The van der Waals surface area contributed by atoms with Crippen molar-refractivity contribution in [2.45, 2.75) is 53.9 Å². The highest BCUT2D eigenvalue weighted by atomic mass is 14.3. The third-order valence-electron chi connectivity index (χ3n) is 3.98. The van der Waals surface area contributed by atoms with Gasteiger partial charge in [0.05, 0.1) is 0 Å². The fourth-order valence-corrected chi connectivity index (χ4v) is 1.90. The predicted molar refractivity (Wildman–Crippen MR) is 68.3 cm³/mol. The van der Waals surface area contributed by atoms with E-state index in [4.69, 9.17) is 0 Å². The molecule has 1 aromatic rings. The van der Waals surface area contributed by atoms with Crippen LogP contribution in [0, 0.1) is 26.7 Å². The molecule has 1 radical (unpaired) electrons. The van der Waals surface area contributed by atoms with Gasteiger partial charge in [-0.3, -0.25) is 0 Å². The molecule has 0 nitrogen and oxygen atoms in total. The molecule has 0 aromatic heterocycles. The van der Waals surface area contributed by atoms with Crippen LogP contribution in [0.3, 0.4) is 0 Å². The molecular formula is C15H23. The molecule has 83 valence electrons. The van der Waals surface area contributed by atoms with E-state index >= 15 is 0 Å². The molecule has 0 unspecified atom stereocenters. The molecule has 0 aliphatic rings. The summed E-state index contributed by atoms with van der Waals surface area (Å²) in [6, 6.07) is 4.52. The zero-order chi connectivity index (χ0) is 11.8. The van der Waals surface area contributed by atoms with Gasteiger partial charge in [-0.25, -0.2) is 0 Å². The Labute approximate surface area is 94.7 Å². The van der Waals surface area contributed by atoms with E-state index in [-0.39, 0.29) is 5.41 Å². The molecule has 0 heterocycles. The standard InChI is InChI=1S/C15H23/c1-10(2)15(6,7)14-9-8-11(3)12(4)13(14)5/h8-9H,1-7H3. The first-order valence-electron chi connectivity index (χ1n) is 5.66. The van der Waals surface area contributed by atoms with Crippen LogP contribution in [-0.2, 0) is 5.41 Å². The van der Waals surface area contributed by atoms with Gasteiger partial charge in [0.15, 0.2) is 0 Å². The van der Waals surface area contributed by atoms with E-state index in [9.17, 15) is 0 Å². The summed E-state index contributed by atoms with van der Waals surface area (Å²) in [5.41, 5.74) is 5.91. The molecular weight excluding hydrogens is 180 g/mol. The van der Waals surface area contributed by atoms with Gasteiger partial charge in [-0.1, -0.05) is 39.8 Å². The molecule has 0 aliphatic carbocycles. The number of benzene rings is 1. The van der Waals surface area contributed by atoms with Crippen molar-refractivity contribution < 1.29 is 0 Å². The van der Waals surface area contributed by atoms with Crippen LogP contribution in [0.2, 0.25) is 0 Å². The topological polar surface area (TPSA) is 0 Å². The third-order valence-corrected chi connectivity index (χ3v) is 3.98. The molecule has 15 heavy (non-hydrogen) atoms. The maximum Gasteiger partial charge on any atom is -0.00443 e. The Bertz CT molecular complexity index is 357. The van der Waals surface area contributed by atoms with Crippen molar-refractivity contribution in [2.24, 2.45) is 0 Å². The van der Waals surface area contributed by atoms with Crippen LogP contribution in [-0.4, -0.2) is 0 Å². The van der Waals surface area contributed by atoms with Crippen molar-refractivity contribution in [3.8, 4) is 0 Å². The van der Waals surface area contributed by atoms with Crippen LogP contribution in [0.4, 0.5) is 0 Å². The van der Waals surface area contributed by atoms with E-state index in [1.807, 2.05) is 0 Å². The maximum atomic E-state index is 2.30. The normalized spacial score (nSPS) is 12.3. The van der Waals surface area contributed by atoms with E-state index in [0.717, 1.165) is 0 Å². The zero-order valence-corrected chi connectivity index (χ0v) is 11.2. The molecule has 1 rings (SSSR count). The number of hydrogen-bond donors (Lipinski definition) is 0. The fraction of sp³-hybridized carbons (Fsp3) is 0.533. The van der Waals surface area contributed by atoms with Crippen molar-refractivity contribution in [1.29, 1.82) is 0 Å². The molecule has 0 amide bonds.